The van der Waals surface area contributed by atoms with Gasteiger partial charge in [0.25, 0.3) is 0 Å². The van der Waals surface area contributed by atoms with Gasteiger partial charge < -0.3 is 15.1 Å². The molecule has 0 aromatic heterocycles. The maximum atomic E-state index is 13.1. The lowest BCUT2D eigenvalue weighted by atomic mass is 9.75. The molecule has 4 heteroatoms. The van der Waals surface area contributed by atoms with Crippen LogP contribution in [0.3, 0.4) is 0 Å². The predicted molar refractivity (Wildman–Crippen MR) is 122 cm³/mol. The lowest BCUT2D eigenvalue weighted by molar-refractivity contribution is -0.139. The van der Waals surface area contributed by atoms with E-state index in [1.54, 1.807) is 0 Å². The molecule has 0 atom stereocenters. The Kier molecular flexibility index (Phi) is 7.36. The highest BCUT2D eigenvalue weighted by Crippen LogP contribution is 2.35. The summed E-state index contributed by atoms with van der Waals surface area (Å²) < 4.78 is 0. The zero-order valence-corrected chi connectivity index (χ0v) is 20.1. The Labute approximate surface area is 180 Å². The topological polar surface area (TPSA) is 35.6 Å². The van der Waals surface area contributed by atoms with Crippen molar-refractivity contribution in [1.29, 1.82) is 0 Å². The zero-order chi connectivity index (χ0) is 21.2. The lowest BCUT2D eigenvalue weighted by Crippen LogP contribution is -2.51. The van der Waals surface area contributed by atoms with Gasteiger partial charge >= 0.3 is 0 Å². The van der Waals surface area contributed by atoms with Gasteiger partial charge in [-0.3, -0.25) is 4.79 Å². The number of likely N-dealkylation sites (tertiary alicyclic amines) is 2. The number of piperidine rings is 2. The number of carbonyl (C=O) groups is 1. The minimum atomic E-state index is 0.220. The highest BCUT2D eigenvalue weighted by molar-refractivity contribution is 5.79. The van der Waals surface area contributed by atoms with Gasteiger partial charge in [0.1, 0.15) is 0 Å². The van der Waals surface area contributed by atoms with Crippen LogP contribution in [0.2, 0.25) is 0 Å². The molecule has 1 amide bonds. The molecule has 3 rings (SSSR count). The van der Waals surface area contributed by atoms with E-state index in [0.717, 1.165) is 51.0 Å². The van der Waals surface area contributed by atoms with Gasteiger partial charge in [-0.05, 0) is 96.6 Å². The van der Waals surface area contributed by atoms with E-state index in [2.05, 4.69) is 56.7 Å². The normalized spacial score (nSPS) is 29.2. The van der Waals surface area contributed by atoms with Crippen molar-refractivity contribution in [3.05, 3.63) is 0 Å². The van der Waals surface area contributed by atoms with Crippen LogP contribution < -0.4 is 5.32 Å². The second-order valence-electron chi connectivity index (χ2n) is 12.2. The summed E-state index contributed by atoms with van der Waals surface area (Å²) in [4.78, 5) is 18.0. The molecule has 0 aromatic carbocycles. The minimum Gasteiger partial charge on any atom is -0.342 e. The first-order valence-corrected chi connectivity index (χ1v) is 12.3. The fourth-order valence-electron chi connectivity index (χ4n) is 5.93. The predicted octanol–water partition coefficient (Wildman–Crippen LogP) is 4.68. The third-order valence-corrected chi connectivity index (χ3v) is 7.76. The molecule has 0 unspecified atom stereocenters. The molecular formula is C25H47N3O. The van der Waals surface area contributed by atoms with Crippen LogP contribution >= 0.6 is 0 Å². The first-order chi connectivity index (χ1) is 13.5. The fraction of sp³-hybridized carbons (Fsp3) is 0.960. The number of rotatable bonds is 3. The first-order valence-electron chi connectivity index (χ1n) is 12.3. The van der Waals surface area contributed by atoms with E-state index >= 15 is 0 Å². The van der Waals surface area contributed by atoms with Crippen molar-refractivity contribution in [1.82, 2.24) is 15.1 Å². The largest absolute Gasteiger partial charge is 0.342 e. The summed E-state index contributed by atoms with van der Waals surface area (Å²) in [5, 5.41) is 3.78. The molecule has 168 valence electrons. The summed E-state index contributed by atoms with van der Waals surface area (Å²) in [5.41, 5.74) is 0.597. The van der Waals surface area contributed by atoms with Crippen molar-refractivity contribution in [2.75, 3.05) is 26.2 Å². The Bertz CT molecular complexity index is 523. The van der Waals surface area contributed by atoms with Gasteiger partial charge in [0, 0.05) is 36.6 Å². The Morgan fingerprint density at radius 2 is 1.31 bits per heavy atom. The molecule has 0 aromatic rings. The third-order valence-electron chi connectivity index (χ3n) is 7.76. The quantitative estimate of drug-likeness (QED) is 0.740. The molecule has 0 bridgehead atoms. The van der Waals surface area contributed by atoms with Gasteiger partial charge in [0.15, 0.2) is 0 Å². The van der Waals surface area contributed by atoms with Crippen LogP contribution in [0.4, 0.5) is 0 Å². The third kappa shape index (κ3) is 6.43. The van der Waals surface area contributed by atoms with Crippen LogP contribution in [0.1, 0.15) is 92.9 Å². The van der Waals surface area contributed by atoms with Crippen LogP contribution in [0, 0.1) is 17.3 Å². The van der Waals surface area contributed by atoms with Crippen LogP contribution in [0.25, 0.3) is 0 Å². The Balaban J connectivity index is 1.39. The summed E-state index contributed by atoms with van der Waals surface area (Å²) in [6.45, 7) is 18.0. The highest BCUT2D eigenvalue weighted by atomic mass is 16.2. The molecule has 2 heterocycles. The van der Waals surface area contributed by atoms with Crippen molar-refractivity contribution in [3.63, 3.8) is 0 Å². The van der Waals surface area contributed by atoms with Gasteiger partial charge in [0.2, 0.25) is 5.91 Å². The van der Waals surface area contributed by atoms with Gasteiger partial charge in [-0.1, -0.05) is 20.8 Å². The smallest absolute Gasteiger partial charge is 0.225 e. The summed E-state index contributed by atoms with van der Waals surface area (Å²) >= 11 is 0. The number of hydrogen-bond donors (Lipinski definition) is 1. The summed E-state index contributed by atoms with van der Waals surface area (Å²) in [6, 6.07) is 1.42. The summed E-state index contributed by atoms with van der Waals surface area (Å²) in [7, 11) is 0. The van der Waals surface area contributed by atoms with E-state index in [0.29, 0.717) is 17.4 Å². The Hall–Kier alpha value is -0.610. The minimum absolute atomic E-state index is 0.220. The molecule has 1 saturated carbocycles. The molecule has 3 aliphatic rings. The van der Waals surface area contributed by atoms with Crippen LogP contribution in [-0.4, -0.2) is 59.5 Å². The average Bonchev–Trinajstić information content (AvgIpc) is 2.66. The second kappa shape index (κ2) is 9.26. The number of carbonyl (C=O) groups excluding carboxylic acids is 1. The molecule has 1 aliphatic carbocycles. The maximum absolute atomic E-state index is 13.1. The molecule has 0 radical (unpaired) electrons. The molecule has 0 spiro atoms. The van der Waals surface area contributed by atoms with Gasteiger partial charge in [-0.25, -0.2) is 0 Å². The molecule has 29 heavy (non-hydrogen) atoms. The fourth-order valence-corrected chi connectivity index (χ4v) is 5.93. The highest BCUT2D eigenvalue weighted by Gasteiger charge is 2.35. The van der Waals surface area contributed by atoms with Gasteiger partial charge in [0.05, 0.1) is 0 Å². The zero-order valence-electron chi connectivity index (χ0n) is 20.1. The van der Waals surface area contributed by atoms with Crippen LogP contribution in [-0.2, 0) is 4.79 Å². The molecule has 4 nitrogen and oxygen atoms in total. The van der Waals surface area contributed by atoms with Gasteiger partial charge in [-0.15, -0.1) is 0 Å². The number of nitrogens with one attached hydrogen (secondary N) is 1. The van der Waals surface area contributed by atoms with E-state index in [4.69, 9.17) is 0 Å². The SMILES string of the molecule is CC(C)(C)NC1CCC(N2CCC(C(=O)N3CCC(C(C)(C)C)CC3)CC2)CC1. The van der Waals surface area contributed by atoms with E-state index < -0.39 is 0 Å². The number of nitrogens with zero attached hydrogens (tertiary/aromatic N) is 2. The molecular weight excluding hydrogens is 358 g/mol. The van der Waals surface area contributed by atoms with Crippen molar-refractivity contribution in [2.24, 2.45) is 17.3 Å². The standard InChI is InChI=1S/C25H47N3O/c1-24(2,3)20-13-17-28(18-14-20)23(29)19-11-15-27(16-12-19)22-9-7-21(8-10-22)26-25(4,5)6/h19-22,26H,7-18H2,1-6H3. The summed E-state index contributed by atoms with van der Waals surface area (Å²) in [6.07, 6.45) is 9.71. The van der Waals surface area contributed by atoms with Crippen molar-refractivity contribution in [3.8, 4) is 0 Å². The van der Waals surface area contributed by atoms with Gasteiger partial charge in [-0.2, -0.15) is 0 Å². The molecule has 2 saturated heterocycles. The Morgan fingerprint density at radius 1 is 0.759 bits per heavy atom. The number of hydrogen-bond acceptors (Lipinski definition) is 3. The van der Waals surface area contributed by atoms with E-state index in [9.17, 15) is 4.79 Å². The number of amides is 1. The van der Waals surface area contributed by atoms with Crippen molar-refractivity contribution >= 4 is 5.91 Å². The Morgan fingerprint density at radius 3 is 1.79 bits per heavy atom. The van der Waals surface area contributed by atoms with E-state index in [-0.39, 0.29) is 11.5 Å². The molecule has 1 N–H and O–H groups in total. The maximum Gasteiger partial charge on any atom is 0.225 e. The van der Waals surface area contributed by atoms with Crippen molar-refractivity contribution in [2.45, 2.75) is 111 Å². The first kappa shape index (κ1) is 23.1. The lowest BCUT2D eigenvalue weighted by Gasteiger charge is -2.43. The van der Waals surface area contributed by atoms with E-state index in [1.165, 1.54) is 38.5 Å². The van der Waals surface area contributed by atoms with Crippen molar-refractivity contribution < 1.29 is 4.79 Å². The molecule has 3 fully saturated rings. The van der Waals surface area contributed by atoms with Crippen LogP contribution in [0.15, 0.2) is 0 Å². The van der Waals surface area contributed by atoms with E-state index in [1.807, 2.05) is 0 Å². The molecule has 2 aliphatic heterocycles. The van der Waals surface area contributed by atoms with Crippen LogP contribution in [0.5, 0.6) is 0 Å². The second-order valence-corrected chi connectivity index (χ2v) is 12.2. The monoisotopic (exact) mass is 405 g/mol. The summed E-state index contributed by atoms with van der Waals surface area (Å²) in [5.74, 6) is 1.49. The average molecular weight is 406 g/mol.